The van der Waals surface area contributed by atoms with Crippen LogP contribution in [0.3, 0.4) is 0 Å². The van der Waals surface area contributed by atoms with Crippen molar-refractivity contribution < 1.29 is 13.5 Å². The molecule has 118 valence electrons. The van der Waals surface area contributed by atoms with Gasteiger partial charge in [0.25, 0.3) is 0 Å². The Morgan fingerprint density at radius 2 is 2.14 bits per heavy atom. The highest BCUT2D eigenvalue weighted by Gasteiger charge is 2.22. The highest BCUT2D eigenvalue weighted by atomic mass is 32.2. The summed E-state index contributed by atoms with van der Waals surface area (Å²) in [6, 6.07) is 2.98. The van der Waals surface area contributed by atoms with Gasteiger partial charge in [0.05, 0.1) is 6.10 Å². The molecule has 0 spiro atoms. The van der Waals surface area contributed by atoms with Crippen LogP contribution < -0.4 is 10.5 Å². The second-order valence-corrected chi connectivity index (χ2v) is 7.11. The predicted octanol–water partition coefficient (Wildman–Crippen LogP) is 1.47. The van der Waals surface area contributed by atoms with Crippen molar-refractivity contribution >= 4 is 15.8 Å². The number of hydrogen-bond acceptors (Lipinski definition) is 5. The summed E-state index contributed by atoms with van der Waals surface area (Å²) in [7, 11) is -3.76. The number of hydrogen-bond donors (Lipinski definition) is 3. The molecule has 0 saturated heterocycles. The summed E-state index contributed by atoms with van der Waals surface area (Å²) in [4.78, 5) is 4.04. The van der Waals surface area contributed by atoms with E-state index in [-0.39, 0.29) is 11.0 Å². The van der Waals surface area contributed by atoms with Crippen molar-refractivity contribution in [3.63, 3.8) is 0 Å². The number of anilines is 1. The molecule has 0 bridgehead atoms. The lowest BCUT2D eigenvalue weighted by atomic mass is 9.83. The average Bonchev–Trinajstić information content (AvgIpc) is 2.45. The molecule has 0 radical (unpaired) electrons. The Morgan fingerprint density at radius 1 is 1.38 bits per heavy atom. The van der Waals surface area contributed by atoms with Crippen molar-refractivity contribution in [3.8, 4) is 0 Å². The molecule has 1 aromatic heterocycles. The molecule has 2 atom stereocenters. The van der Waals surface area contributed by atoms with E-state index in [9.17, 15) is 13.5 Å². The number of nitrogens with one attached hydrogen (secondary N) is 1. The molecule has 21 heavy (non-hydrogen) atoms. The second-order valence-electron chi connectivity index (χ2n) is 5.58. The van der Waals surface area contributed by atoms with Gasteiger partial charge in [-0.2, -0.15) is 0 Å². The summed E-state index contributed by atoms with van der Waals surface area (Å²) < 4.78 is 22.9. The number of aromatic nitrogens is 1. The Kier molecular flexibility index (Phi) is 5.55. The van der Waals surface area contributed by atoms with Gasteiger partial charge in [0.1, 0.15) is 10.7 Å². The van der Waals surface area contributed by atoms with E-state index in [4.69, 9.17) is 5.14 Å². The molecule has 1 aliphatic rings. The quantitative estimate of drug-likeness (QED) is 0.690. The number of sulfonamides is 1. The molecule has 4 N–H and O–H groups in total. The summed E-state index contributed by atoms with van der Waals surface area (Å²) in [6.07, 6.45) is 7.41. The lowest BCUT2D eigenvalue weighted by molar-refractivity contribution is 0.0648. The van der Waals surface area contributed by atoms with Crippen LogP contribution in [0.15, 0.2) is 23.2 Å². The normalized spacial score (nSPS) is 23.0. The molecule has 7 heteroatoms. The van der Waals surface area contributed by atoms with E-state index in [1.807, 2.05) is 0 Å². The standard InChI is InChI=1S/C14H23N3O3S/c15-21(19,20)13-8-4-10-17-14(13)16-9-3-6-11-5-1-2-7-12(11)18/h4,8,10-12,18H,1-3,5-7,9H2,(H,16,17)(H2,15,19,20). The third kappa shape index (κ3) is 4.66. The summed E-state index contributed by atoms with van der Waals surface area (Å²) in [6.45, 7) is 0.614. The molecule has 1 aliphatic carbocycles. The van der Waals surface area contributed by atoms with Crippen LogP contribution in [0.1, 0.15) is 38.5 Å². The molecule has 1 aromatic rings. The van der Waals surface area contributed by atoms with Crippen LogP contribution in [0.2, 0.25) is 0 Å². The zero-order valence-corrected chi connectivity index (χ0v) is 12.8. The number of nitrogens with zero attached hydrogens (tertiary/aromatic N) is 1. The van der Waals surface area contributed by atoms with Crippen molar-refractivity contribution in [2.75, 3.05) is 11.9 Å². The van der Waals surface area contributed by atoms with Crippen molar-refractivity contribution in [2.24, 2.45) is 11.1 Å². The van der Waals surface area contributed by atoms with E-state index in [1.165, 1.54) is 18.7 Å². The molecule has 0 amide bonds. The SMILES string of the molecule is NS(=O)(=O)c1cccnc1NCCCC1CCCCC1O. The number of nitrogens with two attached hydrogens (primary N) is 1. The Hall–Kier alpha value is -1.18. The highest BCUT2D eigenvalue weighted by molar-refractivity contribution is 7.89. The molecule has 0 aliphatic heterocycles. The summed E-state index contributed by atoms with van der Waals surface area (Å²) in [5.74, 6) is 0.659. The van der Waals surface area contributed by atoms with Crippen molar-refractivity contribution in [1.29, 1.82) is 0 Å². The number of aliphatic hydroxyl groups excluding tert-OH is 1. The van der Waals surface area contributed by atoms with Gasteiger partial charge in [-0.1, -0.05) is 12.8 Å². The fourth-order valence-corrected chi connectivity index (χ4v) is 3.51. The monoisotopic (exact) mass is 313 g/mol. The maximum absolute atomic E-state index is 11.4. The molecular weight excluding hydrogens is 290 g/mol. The second kappa shape index (κ2) is 7.20. The minimum Gasteiger partial charge on any atom is -0.393 e. The third-order valence-electron chi connectivity index (χ3n) is 3.99. The van der Waals surface area contributed by atoms with Gasteiger partial charge < -0.3 is 10.4 Å². The lowest BCUT2D eigenvalue weighted by Gasteiger charge is -2.27. The number of aliphatic hydroxyl groups is 1. The van der Waals surface area contributed by atoms with Crippen LogP contribution in [0.25, 0.3) is 0 Å². The fraction of sp³-hybridized carbons (Fsp3) is 0.643. The molecule has 2 rings (SSSR count). The van der Waals surface area contributed by atoms with Gasteiger partial charge >= 0.3 is 0 Å². The fourth-order valence-electron chi connectivity index (χ4n) is 2.85. The van der Waals surface area contributed by atoms with E-state index in [0.717, 1.165) is 32.1 Å². The van der Waals surface area contributed by atoms with Gasteiger partial charge in [-0.3, -0.25) is 0 Å². The van der Waals surface area contributed by atoms with Gasteiger partial charge in [-0.05, 0) is 43.7 Å². The molecule has 1 saturated carbocycles. The number of pyridine rings is 1. The maximum Gasteiger partial charge on any atom is 0.241 e. The minimum absolute atomic E-state index is 0.0164. The predicted molar refractivity (Wildman–Crippen MR) is 81.3 cm³/mol. The molecular formula is C14H23N3O3S. The molecule has 0 aromatic carbocycles. The number of rotatable bonds is 6. The van der Waals surface area contributed by atoms with Crippen LogP contribution in [0, 0.1) is 5.92 Å². The topological polar surface area (TPSA) is 105 Å². The van der Waals surface area contributed by atoms with Gasteiger partial charge in [0.2, 0.25) is 10.0 Å². The Morgan fingerprint density at radius 3 is 2.86 bits per heavy atom. The zero-order chi connectivity index (χ0) is 15.3. The minimum atomic E-state index is -3.76. The van der Waals surface area contributed by atoms with Crippen LogP contribution in [0.5, 0.6) is 0 Å². The number of primary sulfonamides is 1. The Labute approximate surface area is 125 Å². The molecule has 1 heterocycles. The highest BCUT2D eigenvalue weighted by Crippen LogP contribution is 2.28. The first-order valence-corrected chi connectivity index (χ1v) is 8.93. The summed E-state index contributed by atoms with van der Waals surface area (Å²) >= 11 is 0. The van der Waals surface area contributed by atoms with Gasteiger partial charge in [0.15, 0.2) is 0 Å². The van der Waals surface area contributed by atoms with E-state index in [0.29, 0.717) is 18.3 Å². The van der Waals surface area contributed by atoms with Gasteiger partial charge in [-0.15, -0.1) is 0 Å². The van der Waals surface area contributed by atoms with Crippen LogP contribution in [-0.4, -0.2) is 31.2 Å². The van der Waals surface area contributed by atoms with Gasteiger partial charge in [0, 0.05) is 12.7 Å². The van der Waals surface area contributed by atoms with E-state index in [2.05, 4.69) is 10.3 Å². The molecule has 1 fully saturated rings. The van der Waals surface area contributed by atoms with Gasteiger partial charge in [-0.25, -0.2) is 18.5 Å². The van der Waals surface area contributed by atoms with Crippen LogP contribution in [-0.2, 0) is 10.0 Å². The zero-order valence-electron chi connectivity index (χ0n) is 12.0. The summed E-state index contributed by atoms with van der Waals surface area (Å²) in [5, 5.41) is 18.1. The van der Waals surface area contributed by atoms with Crippen molar-refractivity contribution in [2.45, 2.75) is 49.5 Å². The third-order valence-corrected chi connectivity index (χ3v) is 4.93. The smallest absolute Gasteiger partial charge is 0.241 e. The first kappa shape index (κ1) is 16.2. The van der Waals surface area contributed by atoms with Crippen molar-refractivity contribution in [3.05, 3.63) is 18.3 Å². The lowest BCUT2D eigenvalue weighted by Crippen LogP contribution is -2.25. The maximum atomic E-state index is 11.4. The Balaban J connectivity index is 1.84. The van der Waals surface area contributed by atoms with E-state index >= 15 is 0 Å². The molecule has 2 unspecified atom stereocenters. The van der Waals surface area contributed by atoms with Crippen LogP contribution >= 0.6 is 0 Å². The van der Waals surface area contributed by atoms with Crippen molar-refractivity contribution in [1.82, 2.24) is 4.98 Å². The van der Waals surface area contributed by atoms with E-state index in [1.54, 1.807) is 6.07 Å². The first-order chi connectivity index (χ1) is 9.98. The Bertz CT molecular complexity index is 562. The van der Waals surface area contributed by atoms with E-state index < -0.39 is 10.0 Å². The largest absolute Gasteiger partial charge is 0.393 e. The first-order valence-electron chi connectivity index (χ1n) is 7.38. The van der Waals surface area contributed by atoms with Crippen LogP contribution in [0.4, 0.5) is 5.82 Å². The molecule has 6 nitrogen and oxygen atoms in total. The average molecular weight is 313 g/mol. The summed E-state index contributed by atoms with van der Waals surface area (Å²) in [5.41, 5.74) is 0.